The zero-order valence-corrected chi connectivity index (χ0v) is 25.7. The molecule has 3 aliphatic rings. The standard InChI is InChI=1S/C33H46N8O2/c1-20-14-16-23(17-15-20)19-41-27-29(35-22(3)24-12-7-13-24)37-31(28(34)36-33(42)43)38-30(27)39-32(41)40-18-8-9-21(2)26(40)25-10-5-4-6-11-25/h4-6,10-11,20-24,26H,7-9,12-19H2,1-3H3,(H2,34,36)(H,42,43)(H,35,37,38)/t20?,21?,22-,23?,26?/m1/s1. The second-order valence-electron chi connectivity index (χ2n) is 13.3. The summed E-state index contributed by atoms with van der Waals surface area (Å²) in [7, 11) is 0. The molecular weight excluding hydrogens is 540 g/mol. The number of amides is 1. The van der Waals surface area contributed by atoms with Crippen LogP contribution >= 0.6 is 0 Å². The molecule has 0 radical (unpaired) electrons. The van der Waals surface area contributed by atoms with E-state index in [0.29, 0.717) is 29.2 Å². The van der Waals surface area contributed by atoms with Crippen LogP contribution in [0.15, 0.2) is 30.3 Å². The highest BCUT2D eigenvalue weighted by Gasteiger charge is 2.35. The first-order valence-corrected chi connectivity index (χ1v) is 16.2. The van der Waals surface area contributed by atoms with Gasteiger partial charge in [0.25, 0.3) is 0 Å². The maximum absolute atomic E-state index is 11.4. The van der Waals surface area contributed by atoms with E-state index < -0.39 is 6.09 Å². The number of hydrogen-bond donors (Lipinski definition) is 4. The van der Waals surface area contributed by atoms with Crippen molar-refractivity contribution < 1.29 is 9.90 Å². The van der Waals surface area contributed by atoms with Gasteiger partial charge in [-0.2, -0.15) is 4.98 Å². The Bertz CT molecular complexity index is 1440. The largest absolute Gasteiger partial charge is 0.465 e. The van der Waals surface area contributed by atoms with Crippen molar-refractivity contribution in [3.63, 3.8) is 0 Å². The average Bonchev–Trinajstić information content (AvgIpc) is 3.31. The number of imidazole rings is 1. The van der Waals surface area contributed by atoms with Crippen LogP contribution in [0.25, 0.3) is 11.2 Å². The third-order valence-corrected chi connectivity index (χ3v) is 10.2. The Hall–Kier alpha value is -3.69. The van der Waals surface area contributed by atoms with E-state index in [0.717, 1.165) is 43.3 Å². The van der Waals surface area contributed by atoms with Gasteiger partial charge in [-0.15, -0.1) is 0 Å². The molecule has 3 fully saturated rings. The van der Waals surface area contributed by atoms with Crippen LogP contribution in [0.5, 0.6) is 0 Å². The van der Waals surface area contributed by atoms with E-state index in [4.69, 9.17) is 20.4 Å². The van der Waals surface area contributed by atoms with Gasteiger partial charge in [-0.25, -0.2) is 14.8 Å². The highest BCUT2D eigenvalue weighted by molar-refractivity contribution is 6.03. The Morgan fingerprint density at radius 2 is 1.77 bits per heavy atom. The fraction of sp³-hybridized carbons (Fsp3) is 0.606. The quantitative estimate of drug-likeness (QED) is 0.168. The fourth-order valence-electron chi connectivity index (χ4n) is 7.41. The summed E-state index contributed by atoms with van der Waals surface area (Å²) in [4.78, 5) is 28.6. The van der Waals surface area contributed by atoms with Gasteiger partial charge in [0.2, 0.25) is 5.95 Å². The molecule has 2 aromatic heterocycles. The van der Waals surface area contributed by atoms with Gasteiger partial charge in [-0.1, -0.05) is 63.4 Å². The van der Waals surface area contributed by atoms with Crippen molar-refractivity contribution in [3.05, 3.63) is 41.7 Å². The number of amidine groups is 1. The summed E-state index contributed by atoms with van der Waals surface area (Å²) in [5.41, 5.74) is 2.65. The molecular formula is C33H46N8O2. The molecule has 0 spiro atoms. The van der Waals surface area contributed by atoms with Crippen LogP contribution in [0, 0.1) is 29.1 Å². The Balaban J connectivity index is 1.50. The zero-order chi connectivity index (χ0) is 30.1. The van der Waals surface area contributed by atoms with E-state index in [9.17, 15) is 9.90 Å². The first-order chi connectivity index (χ1) is 20.8. The number of aromatic nitrogens is 4. The molecule has 4 N–H and O–H groups in total. The first-order valence-electron chi connectivity index (χ1n) is 16.2. The normalized spacial score (nSPS) is 25.2. The Kier molecular flexibility index (Phi) is 8.54. The second-order valence-corrected chi connectivity index (χ2v) is 13.3. The van der Waals surface area contributed by atoms with Gasteiger partial charge < -0.3 is 19.9 Å². The molecule has 2 saturated carbocycles. The lowest BCUT2D eigenvalue weighted by molar-refractivity contribution is 0.200. The van der Waals surface area contributed by atoms with Crippen LogP contribution in [0.3, 0.4) is 0 Å². The summed E-state index contributed by atoms with van der Waals surface area (Å²) in [6.45, 7) is 8.62. The molecule has 2 unspecified atom stereocenters. The minimum Gasteiger partial charge on any atom is -0.465 e. The summed E-state index contributed by atoms with van der Waals surface area (Å²) < 4.78 is 2.36. The van der Waals surface area contributed by atoms with Gasteiger partial charge in [0.05, 0.1) is 6.04 Å². The highest BCUT2D eigenvalue weighted by Crippen LogP contribution is 2.42. The van der Waals surface area contributed by atoms with Crippen molar-refractivity contribution in [2.75, 3.05) is 16.8 Å². The SMILES string of the molecule is CC1CCC(Cn2c(N3CCCC(C)C3c3ccccc3)nc3nc(C(=N)NC(=O)O)nc(N[C@H](C)C4CCC4)c32)CC1. The molecule has 1 aromatic carbocycles. The van der Waals surface area contributed by atoms with E-state index in [-0.39, 0.29) is 23.7 Å². The van der Waals surface area contributed by atoms with E-state index >= 15 is 0 Å². The number of carbonyl (C=O) groups is 1. The number of nitrogens with one attached hydrogen (secondary N) is 3. The lowest BCUT2D eigenvalue weighted by Gasteiger charge is -2.41. The molecule has 3 heterocycles. The summed E-state index contributed by atoms with van der Waals surface area (Å²) in [5, 5.41) is 23.6. The topological polar surface area (TPSA) is 132 Å². The van der Waals surface area contributed by atoms with Gasteiger partial charge in [-0.05, 0) is 74.7 Å². The molecule has 10 heteroatoms. The predicted molar refractivity (Wildman–Crippen MR) is 170 cm³/mol. The number of fused-ring (bicyclic) bond motifs is 1. The second kappa shape index (κ2) is 12.5. The first kappa shape index (κ1) is 29.4. The van der Waals surface area contributed by atoms with E-state index in [1.54, 1.807) is 0 Å². The van der Waals surface area contributed by atoms with Crippen molar-refractivity contribution in [2.45, 2.75) is 97.2 Å². The van der Waals surface area contributed by atoms with Crippen LogP contribution in [0.1, 0.15) is 96.0 Å². The Morgan fingerprint density at radius 3 is 2.44 bits per heavy atom. The minimum atomic E-state index is -1.31. The molecule has 1 saturated heterocycles. The van der Waals surface area contributed by atoms with Gasteiger partial charge in [-0.3, -0.25) is 10.7 Å². The van der Waals surface area contributed by atoms with Crippen molar-refractivity contribution in [1.82, 2.24) is 24.8 Å². The average molecular weight is 587 g/mol. The van der Waals surface area contributed by atoms with Crippen molar-refractivity contribution >= 4 is 34.9 Å². The molecule has 1 aliphatic heterocycles. The van der Waals surface area contributed by atoms with Gasteiger partial charge in [0.15, 0.2) is 23.1 Å². The zero-order valence-electron chi connectivity index (χ0n) is 25.7. The van der Waals surface area contributed by atoms with Crippen molar-refractivity contribution in [1.29, 1.82) is 5.41 Å². The van der Waals surface area contributed by atoms with Crippen LogP contribution < -0.4 is 15.5 Å². The van der Waals surface area contributed by atoms with Crippen LogP contribution in [0.2, 0.25) is 0 Å². The number of hydrogen-bond acceptors (Lipinski definition) is 7. The Labute approximate surface area is 254 Å². The van der Waals surface area contributed by atoms with Crippen LogP contribution in [-0.2, 0) is 6.54 Å². The van der Waals surface area contributed by atoms with Crippen molar-refractivity contribution in [3.8, 4) is 0 Å². The smallest absolute Gasteiger partial charge is 0.410 e. The summed E-state index contributed by atoms with van der Waals surface area (Å²) in [6.07, 6.45) is 9.39. The number of carboxylic acid groups (broad SMARTS) is 1. The maximum atomic E-state index is 11.4. The van der Waals surface area contributed by atoms with Crippen molar-refractivity contribution in [2.24, 2.45) is 23.7 Å². The molecule has 10 nitrogen and oxygen atoms in total. The number of benzene rings is 1. The molecule has 3 atom stereocenters. The number of anilines is 2. The fourth-order valence-corrected chi connectivity index (χ4v) is 7.41. The maximum Gasteiger partial charge on any atom is 0.410 e. The molecule has 0 bridgehead atoms. The van der Waals surface area contributed by atoms with Gasteiger partial charge >= 0.3 is 6.09 Å². The monoisotopic (exact) mass is 586 g/mol. The molecule has 43 heavy (non-hydrogen) atoms. The summed E-state index contributed by atoms with van der Waals surface area (Å²) in [6, 6.07) is 11.1. The molecule has 3 aromatic rings. The van der Waals surface area contributed by atoms with Gasteiger partial charge in [0, 0.05) is 19.1 Å². The minimum absolute atomic E-state index is 0.0347. The third-order valence-electron chi connectivity index (χ3n) is 10.2. The molecule has 230 valence electrons. The molecule has 2 aliphatic carbocycles. The number of piperidine rings is 1. The highest BCUT2D eigenvalue weighted by atomic mass is 16.4. The van der Waals surface area contributed by atoms with E-state index in [1.165, 1.54) is 50.5 Å². The summed E-state index contributed by atoms with van der Waals surface area (Å²) >= 11 is 0. The van der Waals surface area contributed by atoms with Crippen LogP contribution in [0.4, 0.5) is 16.6 Å². The summed E-state index contributed by atoms with van der Waals surface area (Å²) in [5.74, 6) is 3.54. The van der Waals surface area contributed by atoms with Crippen LogP contribution in [-0.4, -0.2) is 49.1 Å². The van der Waals surface area contributed by atoms with Gasteiger partial charge in [0.1, 0.15) is 5.52 Å². The number of rotatable bonds is 8. The Morgan fingerprint density at radius 1 is 1.02 bits per heavy atom. The molecule has 1 amide bonds. The molecule has 6 rings (SSSR count). The third kappa shape index (κ3) is 6.19. The van der Waals surface area contributed by atoms with E-state index in [1.807, 2.05) is 0 Å². The lowest BCUT2D eigenvalue weighted by Crippen LogP contribution is -2.40. The van der Waals surface area contributed by atoms with E-state index in [2.05, 4.69) is 71.2 Å². The lowest BCUT2D eigenvalue weighted by atomic mass is 9.80. The predicted octanol–water partition coefficient (Wildman–Crippen LogP) is 6.82. The number of nitrogens with zero attached hydrogens (tertiary/aromatic N) is 5.